The Morgan fingerprint density at radius 2 is 2.00 bits per heavy atom. The molecule has 0 radical (unpaired) electrons. The van der Waals surface area contributed by atoms with Crippen LogP contribution >= 0.6 is 0 Å². The van der Waals surface area contributed by atoms with E-state index >= 15 is 0 Å². The standard InChI is InChI=1S/C11H9NO3/c1-15-11-7-9(12(13)14)6-8-4-2-3-5-10(8)11/h2-7H,1H3. The summed E-state index contributed by atoms with van der Waals surface area (Å²) in [7, 11) is 1.51. The first-order valence-corrected chi connectivity index (χ1v) is 4.43. The molecular formula is C11H9NO3. The summed E-state index contributed by atoms with van der Waals surface area (Å²) in [6, 6.07) is 10.4. The van der Waals surface area contributed by atoms with Crippen molar-refractivity contribution in [3.63, 3.8) is 0 Å². The third-order valence-corrected chi connectivity index (χ3v) is 2.24. The summed E-state index contributed by atoms with van der Waals surface area (Å²) in [6.07, 6.45) is 0. The van der Waals surface area contributed by atoms with Gasteiger partial charge in [-0.25, -0.2) is 0 Å². The van der Waals surface area contributed by atoms with Crippen molar-refractivity contribution in [2.45, 2.75) is 0 Å². The molecule has 0 saturated carbocycles. The minimum atomic E-state index is -0.422. The number of benzene rings is 2. The summed E-state index contributed by atoms with van der Waals surface area (Å²) in [5, 5.41) is 12.4. The van der Waals surface area contributed by atoms with Gasteiger partial charge in [0.25, 0.3) is 5.69 Å². The van der Waals surface area contributed by atoms with E-state index in [2.05, 4.69) is 0 Å². The van der Waals surface area contributed by atoms with E-state index in [0.717, 1.165) is 10.8 Å². The lowest BCUT2D eigenvalue weighted by atomic mass is 10.1. The molecular weight excluding hydrogens is 194 g/mol. The van der Waals surface area contributed by atoms with Gasteiger partial charge >= 0.3 is 0 Å². The predicted octanol–water partition coefficient (Wildman–Crippen LogP) is 2.76. The number of fused-ring (bicyclic) bond motifs is 1. The number of non-ortho nitro benzene ring substituents is 1. The highest BCUT2D eigenvalue weighted by Gasteiger charge is 2.10. The third-order valence-electron chi connectivity index (χ3n) is 2.24. The molecule has 4 nitrogen and oxygen atoms in total. The largest absolute Gasteiger partial charge is 0.496 e. The average Bonchev–Trinajstić information content (AvgIpc) is 2.27. The van der Waals surface area contributed by atoms with Crippen LogP contribution in [0.2, 0.25) is 0 Å². The lowest BCUT2D eigenvalue weighted by Crippen LogP contribution is -1.91. The quantitative estimate of drug-likeness (QED) is 0.557. The first-order valence-electron chi connectivity index (χ1n) is 4.43. The zero-order valence-electron chi connectivity index (χ0n) is 8.14. The highest BCUT2D eigenvalue weighted by Crippen LogP contribution is 2.30. The lowest BCUT2D eigenvalue weighted by Gasteiger charge is -2.04. The van der Waals surface area contributed by atoms with E-state index in [1.54, 1.807) is 0 Å². The molecule has 0 saturated heterocycles. The monoisotopic (exact) mass is 203 g/mol. The second kappa shape index (κ2) is 3.57. The lowest BCUT2D eigenvalue weighted by molar-refractivity contribution is -0.384. The number of hydrogen-bond acceptors (Lipinski definition) is 3. The molecule has 2 aromatic carbocycles. The Labute approximate surface area is 86.2 Å². The van der Waals surface area contributed by atoms with Crippen LogP contribution in [0.3, 0.4) is 0 Å². The zero-order valence-corrected chi connectivity index (χ0v) is 8.14. The molecule has 0 aliphatic heterocycles. The molecule has 2 rings (SSSR count). The van der Waals surface area contributed by atoms with Gasteiger partial charge in [-0.15, -0.1) is 0 Å². The first-order chi connectivity index (χ1) is 7.22. The molecule has 0 amide bonds. The minimum absolute atomic E-state index is 0.0468. The Kier molecular flexibility index (Phi) is 2.25. The summed E-state index contributed by atoms with van der Waals surface area (Å²) >= 11 is 0. The smallest absolute Gasteiger partial charge is 0.273 e. The number of nitrogens with zero attached hydrogens (tertiary/aromatic N) is 1. The van der Waals surface area contributed by atoms with Crippen LogP contribution in [0.25, 0.3) is 10.8 Å². The second-order valence-electron chi connectivity index (χ2n) is 3.13. The Morgan fingerprint density at radius 3 is 2.67 bits per heavy atom. The summed E-state index contributed by atoms with van der Waals surface area (Å²) < 4.78 is 5.11. The Morgan fingerprint density at radius 1 is 1.27 bits per heavy atom. The topological polar surface area (TPSA) is 52.4 Å². The van der Waals surface area contributed by atoms with Crippen molar-refractivity contribution < 1.29 is 9.66 Å². The number of ether oxygens (including phenoxy) is 1. The van der Waals surface area contributed by atoms with Gasteiger partial charge in [-0.2, -0.15) is 0 Å². The summed E-state index contributed by atoms with van der Waals surface area (Å²) in [5.41, 5.74) is 0.0468. The van der Waals surface area contributed by atoms with Gasteiger partial charge in [0.1, 0.15) is 5.75 Å². The van der Waals surface area contributed by atoms with Crippen LogP contribution in [0.15, 0.2) is 36.4 Å². The number of nitro groups is 1. The van der Waals surface area contributed by atoms with Crippen LogP contribution in [0.4, 0.5) is 5.69 Å². The fraction of sp³-hybridized carbons (Fsp3) is 0.0909. The normalized spacial score (nSPS) is 10.2. The maximum Gasteiger partial charge on any atom is 0.273 e. The van der Waals surface area contributed by atoms with Crippen LogP contribution in [0.5, 0.6) is 5.75 Å². The van der Waals surface area contributed by atoms with Gasteiger partial charge in [-0.1, -0.05) is 24.3 Å². The second-order valence-corrected chi connectivity index (χ2v) is 3.13. The van der Waals surface area contributed by atoms with E-state index in [4.69, 9.17) is 4.74 Å². The molecule has 0 aromatic heterocycles. The molecule has 0 aliphatic rings. The number of hydrogen-bond donors (Lipinski definition) is 0. The molecule has 0 heterocycles. The maximum atomic E-state index is 10.7. The molecule has 0 spiro atoms. The third kappa shape index (κ3) is 1.61. The van der Waals surface area contributed by atoms with Crippen molar-refractivity contribution in [2.24, 2.45) is 0 Å². The van der Waals surface area contributed by atoms with E-state index in [-0.39, 0.29) is 5.69 Å². The number of nitro benzene ring substituents is 1. The van der Waals surface area contributed by atoms with Gasteiger partial charge < -0.3 is 4.74 Å². The number of methoxy groups -OCH3 is 1. The molecule has 0 unspecified atom stereocenters. The highest BCUT2D eigenvalue weighted by atomic mass is 16.6. The molecule has 0 N–H and O–H groups in total. The molecule has 4 heteroatoms. The van der Waals surface area contributed by atoms with Crippen LogP contribution in [0, 0.1) is 10.1 Å². The summed E-state index contributed by atoms with van der Waals surface area (Å²) in [5.74, 6) is 0.528. The molecule has 0 fully saturated rings. The Hall–Kier alpha value is -2.10. The van der Waals surface area contributed by atoms with E-state index < -0.39 is 4.92 Å². The molecule has 2 aromatic rings. The fourth-order valence-corrected chi connectivity index (χ4v) is 1.53. The van der Waals surface area contributed by atoms with Gasteiger partial charge in [0.05, 0.1) is 18.1 Å². The fourth-order valence-electron chi connectivity index (χ4n) is 1.53. The van der Waals surface area contributed by atoms with E-state index in [9.17, 15) is 10.1 Å². The van der Waals surface area contributed by atoms with Crippen molar-refractivity contribution >= 4 is 16.5 Å². The molecule has 0 aliphatic carbocycles. The Balaban J connectivity index is 2.77. The van der Waals surface area contributed by atoms with Crippen molar-refractivity contribution in [2.75, 3.05) is 7.11 Å². The van der Waals surface area contributed by atoms with E-state index in [1.165, 1.54) is 19.2 Å². The van der Waals surface area contributed by atoms with Gasteiger partial charge in [0.2, 0.25) is 0 Å². The van der Waals surface area contributed by atoms with Crippen molar-refractivity contribution in [3.8, 4) is 5.75 Å². The maximum absolute atomic E-state index is 10.7. The van der Waals surface area contributed by atoms with Crippen molar-refractivity contribution in [1.82, 2.24) is 0 Å². The highest BCUT2D eigenvalue weighted by molar-refractivity contribution is 5.90. The van der Waals surface area contributed by atoms with Gasteiger partial charge in [-0.3, -0.25) is 10.1 Å². The van der Waals surface area contributed by atoms with Crippen molar-refractivity contribution in [1.29, 1.82) is 0 Å². The van der Waals surface area contributed by atoms with Gasteiger partial charge in [0, 0.05) is 11.5 Å². The first kappa shape index (κ1) is 9.45. The van der Waals surface area contributed by atoms with Crippen molar-refractivity contribution in [3.05, 3.63) is 46.5 Å². The van der Waals surface area contributed by atoms with Crippen LogP contribution in [-0.4, -0.2) is 12.0 Å². The van der Waals surface area contributed by atoms with Gasteiger partial charge in [0.15, 0.2) is 0 Å². The SMILES string of the molecule is COc1cc([N+](=O)[O-])cc2ccccc12. The average molecular weight is 203 g/mol. The predicted molar refractivity (Wildman–Crippen MR) is 57.2 cm³/mol. The van der Waals surface area contributed by atoms with E-state index in [0.29, 0.717) is 5.75 Å². The Bertz CT molecular complexity index is 522. The summed E-state index contributed by atoms with van der Waals surface area (Å²) in [4.78, 5) is 10.2. The van der Waals surface area contributed by atoms with Gasteiger partial charge in [-0.05, 0) is 5.39 Å². The van der Waals surface area contributed by atoms with E-state index in [1.807, 2.05) is 24.3 Å². The molecule has 15 heavy (non-hydrogen) atoms. The molecule has 76 valence electrons. The number of rotatable bonds is 2. The molecule has 0 bridgehead atoms. The minimum Gasteiger partial charge on any atom is -0.496 e. The zero-order chi connectivity index (χ0) is 10.8. The summed E-state index contributed by atoms with van der Waals surface area (Å²) in [6.45, 7) is 0. The molecule has 0 atom stereocenters. The van der Waals surface area contributed by atoms with Crippen LogP contribution in [-0.2, 0) is 0 Å². The van der Waals surface area contributed by atoms with Crippen LogP contribution < -0.4 is 4.74 Å². The van der Waals surface area contributed by atoms with Crippen LogP contribution in [0.1, 0.15) is 0 Å².